The first-order valence-electron chi connectivity index (χ1n) is 4.47. The van der Waals surface area contributed by atoms with Crippen LogP contribution >= 0.6 is 11.3 Å². The third-order valence-corrected chi connectivity index (χ3v) is 3.06. The van der Waals surface area contributed by atoms with Gasteiger partial charge < -0.3 is 10.5 Å². The van der Waals surface area contributed by atoms with Crippen molar-refractivity contribution in [3.63, 3.8) is 0 Å². The first kappa shape index (κ1) is 9.64. The third kappa shape index (κ3) is 1.79. The molecule has 76 valence electrons. The van der Waals surface area contributed by atoms with Gasteiger partial charge in [-0.05, 0) is 17.5 Å². The van der Waals surface area contributed by atoms with Gasteiger partial charge in [-0.3, -0.25) is 9.69 Å². The molecule has 1 aromatic rings. The SMILES string of the molecule is NC[C@H]1CN(c2cccs2)C(=O)CO1. The Kier molecular flexibility index (Phi) is 2.81. The van der Waals surface area contributed by atoms with Crippen LogP contribution in [0.4, 0.5) is 5.00 Å². The van der Waals surface area contributed by atoms with E-state index >= 15 is 0 Å². The number of rotatable bonds is 2. The topological polar surface area (TPSA) is 55.6 Å². The van der Waals surface area contributed by atoms with E-state index in [0.717, 1.165) is 5.00 Å². The Hall–Kier alpha value is -0.910. The normalized spacial score (nSPS) is 22.8. The summed E-state index contributed by atoms with van der Waals surface area (Å²) in [7, 11) is 0. The molecule has 5 heteroatoms. The van der Waals surface area contributed by atoms with Crippen LogP contribution in [-0.4, -0.2) is 31.7 Å². The first-order chi connectivity index (χ1) is 6.81. The molecule has 1 saturated heterocycles. The quantitative estimate of drug-likeness (QED) is 0.774. The number of hydrogen-bond acceptors (Lipinski definition) is 4. The van der Waals surface area contributed by atoms with Gasteiger partial charge in [0.25, 0.3) is 5.91 Å². The molecule has 1 amide bonds. The maximum absolute atomic E-state index is 11.5. The van der Waals surface area contributed by atoms with E-state index in [1.807, 2.05) is 17.5 Å². The highest BCUT2D eigenvalue weighted by molar-refractivity contribution is 7.14. The lowest BCUT2D eigenvalue weighted by Gasteiger charge is -2.31. The molecule has 0 bridgehead atoms. The zero-order valence-electron chi connectivity index (χ0n) is 7.68. The number of amides is 1. The minimum absolute atomic E-state index is 0.0113. The van der Waals surface area contributed by atoms with Gasteiger partial charge in [-0.2, -0.15) is 0 Å². The smallest absolute Gasteiger partial charge is 0.253 e. The van der Waals surface area contributed by atoms with Crippen molar-refractivity contribution in [3.05, 3.63) is 17.5 Å². The van der Waals surface area contributed by atoms with Crippen molar-refractivity contribution in [3.8, 4) is 0 Å². The molecule has 1 atom stereocenters. The number of carbonyl (C=O) groups is 1. The highest BCUT2D eigenvalue weighted by Crippen LogP contribution is 2.23. The average molecular weight is 212 g/mol. The van der Waals surface area contributed by atoms with Crippen molar-refractivity contribution >= 4 is 22.2 Å². The predicted octanol–water partition coefficient (Wildman–Crippen LogP) is 0.439. The van der Waals surface area contributed by atoms with Gasteiger partial charge >= 0.3 is 0 Å². The molecule has 0 unspecified atom stereocenters. The van der Waals surface area contributed by atoms with Crippen LogP contribution in [-0.2, 0) is 9.53 Å². The Morgan fingerprint density at radius 1 is 1.71 bits per heavy atom. The summed E-state index contributed by atoms with van der Waals surface area (Å²) in [4.78, 5) is 13.3. The average Bonchev–Trinajstić information content (AvgIpc) is 2.71. The van der Waals surface area contributed by atoms with E-state index in [1.165, 1.54) is 0 Å². The van der Waals surface area contributed by atoms with Crippen LogP contribution in [0.5, 0.6) is 0 Å². The van der Waals surface area contributed by atoms with Gasteiger partial charge in [0.05, 0.1) is 17.6 Å². The van der Waals surface area contributed by atoms with Gasteiger partial charge in [-0.1, -0.05) is 0 Å². The second-order valence-electron chi connectivity index (χ2n) is 3.12. The third-order valence-electron chi connectivity index (χ3n) is 2.16. The molecule has 0 aromatic carbocycles. The molecule has 2 N–H and O–H groups in total. The molecule has 1 aromatic heterocycles. The van der Waals surface area contributed by atoms with Crippen molar-refractivity contribution in [2.75, 3.05) is 24.6 Å². The van der Waals surface area contributed by atoms with Gasteiger partial charge in [-0.25, -0.2) is 0 Å². The Morgan fingerprint density at radius 3 is 3.21 bits per heavy atom. The van der Waals surface area contributed by atoms with Crippen molar-refractivity contribution in [1.82, 2.24) is 0 Å². The fourth-order valence-corrected chi connectivity index (χ4v) is 2.16. The molecule has 1 aliphatic rings. The van der Waals surface area contributed by atoms with Crippen LogP contribution in [0.25, 0.3) is 0 Å². The lowest BCUT2D eigenvalue weighted by atomic mass is 10.3. The lowest BCUT2D eigenvalue weighted by molar-refractivity contribution is -0.128. The predicted molar refractivity (Wildman–Crippen MR) is 55.5 cm³/mol. The number of morpholine rings is 1. The number of thiophene rings is 1. The first-order valence-corrected chi connectivity index (χ1v) is 5.35. The Bertz CT molecular complexity index is 313. The zero-order chi connectivity index (χ0) is 9.97. The summed E-state index contributed by atoms with van der Waals surface area (Å²) >= 11 is 1.55. The molecule has 0 aliphatic carbocycles. The molecule has 4 nitrogen and oxygen atoms in total. The summed E-state index contributed by atoms with van der Waals surface area (Å²) in [5.41, 5.74) is 5.50. The molecule has 0 saturated carbocycles. The van der Waals surface area contributed by atoms with Gasteiger partial charge in [0.1, 0.15) is 6.61 Å². The van der Waals surface area contributed by atoms with E-state index in [9.17, 15) is 4.79 Å². The van der Waals surface area contributed by atoms with Crippen LogP contribution in [0.2, 0.25) is 0 Å². The summed E-state index contributed by atoms with van der Waals surface area (Å²) < 4.78 is 5.26. The van der Waals surface area contributed by atoms with Crippen LogP contribution in [0.1, 0.15) is 0 Å². The molecule has 1 aliphatic heterocycles. The molecule has 0 spiro atoms. The number of anilines is 1. The van der Waals surface area contributed by atoms with E-state index in [0.29, 0.717) is 13.1 Å². The van der Waals surface area contributed by atoms with Gasteiger partial charge in [0, 0.05) is 6.54 Å². The van der Waals surface area contributed by atoms with Gasteiger partial charge in [-0.15, -0.1) is 11.3 Å². The highest BCUT2D eigenvalue weighted by atomic mass is 32.1. The Morgan fingerprint density at radius 2 is 2.57 bits per heavy atom. The van der Waals surface area contributed by atoms with Gasteiger partial charge in [0.15, 0.2) is 0 Å². The zero-order valence-corrected chi connectivity index (χ0v) is 8.50. The van der Waals surface area contributed by atoms with Crippen molar-refractivity contribution < 1.29 is 9.53 Å². The number of ether oxygens (including phenoxy) is 1. The highest BCUT2D eigenvalue weighted by Gasteiger charge is 2.26. The molecule has 2 heterocycles. The minimum atomic E-state index is -0.0326. The molecule has 1 fully saturated rings. The maximum Gasteiger partial charge on any atom is 0.253 e. The summed E-state index contributed by atoms with van der Waals surface area (Å²) in [5, 5.41) is 2.92. The van der Waals surface area contributed by atoms with Crippen molar-refractivity contribution in [2.45, 2.75) is 6.10 Å². The number of nitrogens with zero attached hydrogens (tertiary/aromatic N) is 1. The Balaban J connectivity index is 2.13. The van der Waals surface area contributed by atoms with Crippen LogP contribution in [0, 0.1) is 0 Å². The van der Waals surface area contributed by atoms with Crippen LogP contribution in [0.15, 0.2) is 17.5 Å². The molecular weight excluding hydrogens is 200 g/mol. The minimum Gasteiger partial charge on any atom is -0.365 e. The monoisotopic (exact) mass is 212 g/mol. The second-order valence-corrected chi connectivity index (χ2v) is 4.05. The number of hydrogen-bond donors (Lipinski definition) is 1. The van der Waals surface area contributed by atoms with Crippen molar-refractivity contribution in [2.24, 2.45) is 5.73 Å². The molecule has 2 rings (SSSR count). The molecule has 14 heavy (non-hydrogen) atoms. The van der Waals surface area contributed by atoms with Crippen molar-refractivity contribution in [1.29, 1.82) is 0 Å². The Labute approximate surface area is 86.3 Å². The maximum atomic E-state index is 11.5. The number of carbonyl (C=O) groups excluding carboxylic acids is 1. The van der Waals surface area contributed by atoms with Gasteiger partial charge in [0.2, 0.25) is 0 Å². The summed E-state index contributed by atoms with van der Waals surface area (Å²) in [6.07, 6.45) is -0.0326. The van der Waals surface area contributed by atoms with E-state index < -0.39 is 0 Å². The van der Waals surface area contributed by atoms with E-state index in [1.54, 1.807) is 16.2 Å². The fraction of sp³-hybridized carbons (Fsp3) is 0.444. The summed E-state index contributed by atoms with van der Waals surface area (Å²) in [5.74, 6) is 0.0113. The fourth-order valence-electron chi connectivity index (χ4n) is 1.40. The van der Waals surface area contributed by atoms with Crippen LogP contribution < -0.4 is 10.6 Å². The van der Waals surface area contributed by atoms with Crippen LogP contribution in [0.3, 0.4) is 0 Å². The second kappa shape index (κ2) is 4.08. The van der Waals surface area contributed by atoms with E-state index in [2.05, 4.69) is 0 Å². The van der Waals surface area contributed by atoms with E-state index in [-0.39, 0.29) is 18.6 Å². The number of nitrogens with two attached hydrogens (primary N) is 1. The summed E-state index contributed by atoms with van der Waals surface area (Å²) in [6, 6.07) is 3.86. The lowest BCUT2D eigenvalue weighted by Crippen LogP contribution is -2.49. The molecular formula is C9H12N2O2S. The van der Waals surface area contributed by atoms with E-state index in [4.69, 9.17) is 10.5 Å². The molecule has 0 radical (unpaired) electrons. The largest absolute Gasteiger partial charge is 0.365 e. The summed E-state index contributed by atoms with van der Waals surface area (Å²) in [6.45, 7) is 1.16. The standard InChI is InChI=1S/C9H12N2O2S/c10-4-7-5-11(8(12)6-13-7)9-2-1-3-14-9/h1-3,7H,4-6,10H2/t7-/m0/s1.